The minimum absolute atomic E-state index is 0.0168. The van der Waals surface area contributed by atoms with Crippen molar-refractivity contribution < 1.29 is 19.8 Å². The van der Waals surface area contributed by atoms with Gasteiger partial charge in [0.15, 0.2) is 0 Å². The lowest BCUT2D eigenvalue weighted by molar-refractivity contribution is -0.136. The Hall–Kier alpha value is -2.86. The van der Waals surface area contributed by atoms with Crippen LogP contribution in [0.3, 0.4) is 0 Å². The lowest BCUT2D eigenvalue weighted by Gasteiger charge is -2.07. The number of phenolic OH excluding ortho intramolecular Hbond substituents is 1. The second kappa shape index (κ2) is 8.12. The van der Waals surface area contributed by atoms with Crippen LogP contribution in [-0.2, 0) is 4.79 Å². The van der Waals surface area contributed by atoms with Crippen molar-refractivity contribution in [2.75, 3.05) is 0 Å². The zero-order chi connectivity index (χ0) is 17.5. The molecule has 2 aromatic rings. The molecule has 3 N–H and O–H groups in total. The van der Waals surface area contributed by atoms with E-state index in [4.69, 9.17) is 16.7 Å². The predicted octanol–water partition coefficient (Wildman–Crippen LogP) is 3.04. The molecule has 6 nitrogen and oxygen atoms in total. The number of hydrogen-bond acceptors (Lipinski definition) is 4. The molecule has 0 unspecified atom stereocenters. The van der Waals surface area contributed by atoms with E-state index in [0.717, 1.165) is 0 Å². The zero-order valence-corrected chi connectivity index (χ0v) is 13.3. The molecule has 0 aliphatic rings. The molecule has 2 aromatic carbocycles. The summed E-state index contributed by atoms with van der Waals surface area (Å²) in [6.07, 6.45) is 0.0349. The van der Waals surface area contributed by atoms with E-state index >= 15 is 0 Å². The number of carbonyl (C=O) groups is 2. The zero-order valence-electron chi connectivity index (χ0n) is 12.6. The minimum atomic E-state index is -0.961. The molecular formula is C17H15ClN2O4. The average Bonchev–Trinajstić information content (AvgIpc) is 2.57. The molecule has 0 heterocycles. The third kappa shape index (κ3) is 4.82. The summed E-state index contributed by atoms with van der Waals surface area (Å²) in [7, 11) is 0. The number of carboxylic acids is 1. The number of phenols is 1. The predicted molar refractivity (Wildman–Crippen MR) is 90.4 cm³/mol. The smallest absolute Gasteiger partial charge is 0.303 e. The second-order valence-corrected chi connectivity index (χ2v) is 5.36. The molecule has 24 heavy (non-hydrogen) atoms. The van der Waals surface area contributed by atoms with E-state index in [-0.39, 0.29) is 24.2 Å². The van der Waals surface area contributed by atoms with Gasteiger partial charge in [0.25, 0.3) is 5.91 Å². The molecule has 0 bridgehead atoms. The molecule has 0 spiro atoms. The molecule has 0 fully saturated rings. The van der Waals surface area contributed by atoms with Crippen LogP contribution in [0.4, 0.5) is 0 Å². The van der Waals surface area contributed by atoms with Crippen molar-refractivity contribution in [3.63, 3.8) is 0 Å². The van der Waals surface area contributed by atoms with Crippen LogP contribution < -0.4 is 5.43 Å². The topological polar surface area (TPSA) is 99.0 Å². The first kappa shape index (κ1) is 17.5. The Morgan fingerprint density at radius 3 is 2.46 bits per heavy atom. The maximum atomic E-state index is 12.1. The van der Waals surface area contributed by atoms with Crippen LogP contribution in [0.25, 0.3) is 0 Å². The summed E-state index contributed by atoms with van der Waals surface area (Å²) in [6.45, 7) is 0. The first-order valence-electron chi connectivity index (χ1n) is 7.10. The van der Waals surface area contributed by atoms with Gasteiger partial charge in [-0.3, -0.25) is 9.59 Å². The maximum Gasteiger partial charge on any atom is 0.303 e. The Bertz CT molecular complexity index is 775. The lowest BCUT2D eigenvalue weighted by Crippen LogP contribution is -2.20. The fraction of sp³-hybridized carbons (Fsp3) is 0.118. The Labute approximate surface area is 143 Å². The van der Waals surface area contributed by atoms with Crippen molar-refractivity contribution in [2.24, 2.45) is 5.10 Å². The van der Waals surface area contributed by atoms with E-state index in [1.165, 1.54) is 18.2 Å². The summed E-state index contributed by atoms with van der Waals surface area (Å²) in [5.74, 6) is -1.82. The number of hydrogen-bond donors (Lipinski definition) is 3. The fourth-order valence-corrected chi connectivity index (χ4v) is 2.16. The highest BCUT2D eigenvalue weighted by molar-refractivity contribution is 6.31. The summed E-state index contributed by atoms with van der Waals surface area (Å²) in [5, 5.41) is 22.9. The van der Waals surface area contributed by atoms with Crippen molar-refractivity contribution in [1.82, 2.24) is 5.43 Å². The summed E-state index contributed by atoms with van der Waals surface area (Å²) < 4.78 is 0. The number of benzene rings is 2. The highest BCUT2D eigenvalue weighted by Gasteiger charge is 2.12. The third-order valence-corrected chi connectivity index (χ3v) is 3.41. The molecule has 124 valence electrons. The molecule has 0 atom stereocenters. The van der Waals surface area contributed by atoms with Gasteiger partial charge in [-0.05, 0) is 23.8 Å². The Morgan fingerprint density at radius 1 is 1.08 bits per heavy atom. The summed E-state index contributed by atoms with van der Waals surface area (Å²) in [6, 6.07) is 13.0. The van der Waals surface area contributed by atoms with Crippen LogP contribution >= 0.6 is 11.6 Å². The van der Waals surface area contributed by atoms with E-state index in [0.29, 0.717) is 16.3 Å². The van der Waals surface area contributed by atoms with Gasteiger partial charge in [0.2, 0.25) is 0 Å². The van der Waals surface area contributed by atoms with Gasteiger partial charge in [-0.1, -0.05) is 41.9 Å². The lowest BCUT2D eigenvalue weighted by atomic mass is 10.1. The standard InChI is InChI=1S/C17H15ClN2O4/c18-12-6-8-15(21)13(10-12)17(24)20-19-14(7-9-16(22)23)11-4-2-1-3-5-11/h1-6,8,10,21H,7,9H2,(H,20,24)(H,22,23)/b19-14+. The fourth-order valence-electron chi connectivity index (χ4n) is 1.99. The SMILES string of the molecule is O=C(O)CC/C(=N\NC(=O)c1cc(Cl)ccc1O)c1ccccc1. The van der Waals surface area contributed by atoms with Crippen molar-refractivity contribution >= 4 is 29.2 Å². The quantitative estimate of drug-likeness (QED) is 0.553. The number of nitrogens with one attached hydrogen (secondary N) is 1. The van der Waals surface area contributed by atoms with Gasteiger partial charge in [-0.2, -0.15) is 5.10 Å². The number of amides is 1. The molecule has 7 heteroatoms. The monoisotopic (exact) mass is 346 g/mol. The van der Waals surface area contributed by atoms with Gasteiger partial charge < -0.3 is 10.2 Å². The maximum absolute atomic E-state index is 12.1. The third-order valence-electron chi connectivity index (χ3n) is 3.18. The number of aromatic hydroxyl groups is 1. The molecule has 0 radical (unpaired) electrons. The summed E-state index contributed by atoms with van der Waals surface area (Å²) >= 11 is 5.81. The van der Waals surface area contributed by atoms with Crippen LogP contribution in [0.2, 0.25) is 5.02 Å². The van der Waals surface area contributed by atoms with Gasteiger partial charge in [0.1, 0.15) is 5.75 Å². The van der Waals surface area contributed by atoms with Crippen LogP contribution in [-0.4, -0.2) is 27.8 Å². The Balaban J connectivity index is 2.21. The molecule has 0 aliphatic carbocycles. The Morgan fingerprint density at radius 2 is 1.79 bits per heavy atom. The first-order chi connectivity index (χ1) is 11.5. The van der Waals surface area contributed by atoms with Crippen molar-refractivity contribution in [3.8, 4) is 5.75 Å². The molecule has 1 amide bonds. The minimum Gasteiger partial charge on any atom is -0.507 e. The van der Waals surface area contributed by atoms with Crippen LogP contribution in [0.1, 0.15) is 28.8 Å². The molecule has 0 saturated carbocycles. The largest absolute Gasteiger partial charge is 0.507 e. The number of halogens is 1. The number of carbonyl (C=O) groups excluding carboxylic acids is 1. The van der Waals surface area contributed by atoms with Gasteiger partial charge in [0.05, 0.1) is 17.7 Å². The number of rotatable bonds is 6. The van der Waals surface area contributed by atoms with Crippen molar-refractivity contribution in [2.45, 2.75) is 12.8 Å². The van der Waals surface area contributed by atoms with Crippen LogP contribution in [0, 0.1) is 0 Å². The molecule has 0 saturated heterocycles. The first-order valence-corrected chi connectivity index (χ1v) is 7.48. The molecular weight excluding hydrogens is 332 g/mol. The number of aliphatic carboxylic acids is 1. The van der Waals surface area contributed by atoms with E-state index in [1.54, 1.807) is 24.3 Å². The van der Waals surface area contributed by atoms with Gasteiger partial charge in [0, 0.05) is 11.4 Å². The molecule has 0 aromatic heterocycles. The molecule has 0 aliphatic heterocycles. The number of nitrogens with zero attached hydrogens (tertiary/aromatic N) is 1. The van der Waals surface area contributed by atoms with E-state index < -0.39 is 11.9 Å². The summed E-state index contributed by atoms with van der Waals surface area (Å²) in [5.41, 5.74) is 3.44. The Kier molecular flexibility index (Phi) is 5.92. The average molecular weight is 347 g/mol. The van der Waals surface area contributed by atoms with Crippen molar-refractivity contribution in [1.29, 1.82) is 0 Å². The van der Waals surface area contributed by atoms with Crippen LogP contribution in [0.15, 0.2) is 53.6 Å². The second-order valence-electron chi connectivity index (χ2n) is 4.92. The number of carboxylic acid groups (broad SMARTS) is 1. The highest BCUT2D eigenvalue weighted by atomic mass is 35.5. The normalized spacial score (nSPS) is 11.1. The van der Waals surface area contributed by atoms with Gasteiger partial charge in [-0.15, -0.1) is 0 Å². The summed E-state index contributed by atoms with van der Waals surface area (Å²) in [4.78, 5) is 22.9. The van der Waals surface area contributed by atoms with Crippen LogP contribution in [0.5, 0.6) is 5.75 Å². The number of hydrazone groups is 1. The highest BCUT2D eigenvalue weighted by Crippen LogP contribution is 2.21. The molecule has 2 rings (SSSR count). The van der Waals surface area contributed by atoms with E-state index in [2.05, 4.69) is 10.5 Å². The van der Waals surface area contributed by atoms with E-state index in [9.17, 15) is 14.7 Å². The van der Waals surface area contributed by atoms with E-state index in [1.807, 2.05) is 6.07 Å². The van der Waals surface area contributed by atoms with Gasteiger partial charge >= 0.3 is 5.97 Å². The van der Waals surface area contributed by atoms with Crippen molar-refractivity contribution in [3.05, 3.63) is 64.7 Å². The van der Waals surface area contributed by atoms with Gasteiger partial charge in [-0.25, -0.2) is 5.43 Å².